The first-order chi connectivity index (χ1) is 11.0. The average Bonchev–Trinajstić information content (AvgIpc) is 2.50. The Hall–Kier alpha value is -2.34. The largest absolute Gasteiger partial charge is 0.506 e. The number of anilines is 1. The van der Waals surface area contributed by atoms with E-state index in [9.17, 15) is 14.7 Å². The third kappa shape index (κ3) is 5.10. The molecule has 0 aromatic heterocycles. The Morgan fingerprint density at radius 3 is 2.48 bits per heavy atom. The van der Waals surface area contributed by atoms with Gasteiger partial charge in [0.1, 0.15) is 5.75 Å². The van der Waals surface area contributed by atoms with Crippen molar-refractivity contribution in [2.24, 2.45) is 0 Å². The van der Waals surface area contributed by atoms with E-state index in [4.69, 9.17) is 0 Å². The highest BCUT2D eigenvalue weighted by Gasteiger charge is 2.08. The van der Waals surface area contributed by atoms with Gasteiger partial charge in [-0.3, -0.25) is 9.59 Å². The number of nitrogens with one attached hydrogen (secondary N) is 2. The topological polar surface area (TPSA) is 78.4 Å². The van der Waals surface area contributed by atoms with Crippen molar-refractivity contribution in [3.8, 4) is 5.75 Å². The number of phenolic OH excluding ortho intramolecular Hbond substituents is 1. The van der Waals surface area contributed by atoms with Gasteiger partial charge in [-0.05, 0) is 48.9 Å². The van der Waals surface area contributed by atoms with Crippen molar-refractivity contribution >= 4 is 33.4 Å². The zero-order chi connectivity index (χ0) is 16.8. The number of aromatic hydroxyl groups is 1. The fourth-order valence-corrected chi connectivity index (χ4v) is 2.22. The van der Waals surface area contributed by atoms with E-state index < -0.39 is 0 Å². The first-order valence-corrected chi connectivity index (χ1v) is 7.88. The van der Waals surface area contributed by atoms with Gasteiger partial charge >= 0.3 is 0 Å². The molecule has 2 rings (SSSR count). The third-order valence-corrected chi connectivity index (χ3v) is 3.70. The van der Waals surface area contributed by atoms with Gasteiger partial charge in [0.25, 0.3) is 5.91 Å². The summed E-state index contributed by atoms with van der Waals surface area (Å²) in [6.45, 7) is 2.07. The number of benzene rings is 2. The Morgan fingerprint density at radius 1 is 1.13 bits per heavy atom. The quantitative estimate of drug-likeness (QED) is 0.701. The predicted molar refractivity (Wildman–Crippen MR) is 92.6 cm³/mol. The van der Waals surface area contributed by atoms with Gasteiger partial charge < -0.3 is 15.7 Å². The number of hydrogen-bond acceptors (Lipinski definition) is 3. The predicted octanol–water partition coefficient (Wildman–Crippen LogP) is 3.22. The first kappa shape index (κ1) is 17.0. The summed E-state index contributed by atoms with van der Waals surface area (Å²) in [7, 11) is 0. The van der Waals surface area contributed by atoms with Crippen LogP contribution in [0.15, 0.2) is 46.9 Å². The second-order valence-electron chi connectivity index (χ2n) is 5.08. The molecule has 0 saturated carbocycles. The van der Waals surface area contributed by atoms with Gasteiger partial charge in [0.15, 0.2) is 0 Å². The van der Waals surface area contributed by atoms with Gasteiger partial charge in [-0.1, -0.05) is 22.0 Å². The Kier molecular flexibility index (Phi) is 5.76. The molecule has 0 aliphatic heterocycles. The zero-order valence-electron chi connectivity index (χ0n) is 12.6. The lowest BCUT2D eigenvalue weighted by atomic mass is 10.2. The summed E-state index contributed by atoms with van der Waals surface area (Å²) in [5.74, 6) is -0.485. The first-order valence-electron chi connectivity index (χ1n) is 7.09. The molecule has 0 bridgehead atoms. The van der Waals surface area contributed by atoms with Crippen molar-refractivity contribution in [3.05, 3.63) is 58.1 Å². The minimum absolute atomic E-state index is 0.0252. The molecule has 2 aromatic rings. The summed E-state index contributed by atoms with van der Waals surface area (Å²) in [6.07, 6.45) is 0.121. The lowest BCUT2D eigenvalue weighted by Gasteiger charge is -2.09. The van der Waals surface area contributed by atoms with Crippen LogP contribution in [0.25, 0.3) is 0 Å². The molecule has 0 aliphatic carbocycles. The molecule has 2 aromatic carbocycles. The number of carbonyl (C=O) groups excluding carboxylic acids is 2. The molecular formula is C17H17BrN2O3. The van der Waals surface area contributed by atoms with Gasteiger partial charge in [-0.25, -0.2) is 0 Å². The molecule has 0 saturated heterocycles. The lowest BCUT2D eigenvalue weighted by Crippen LogP contribution is -2.27. The summed E-state index contributed by atoms with van der Waals surface area (Å²) < 4.78 is 0.895. The fraction of sp³-hybridized carbons (Fsp3) is 0.176. The Labute approximate surface area is 142 Å². The number of amides is 2. The van der Waals surface area contributed by atoms with E-state index in [1.165, 1.54) is 0 Å². The van der Waals surface area contributed by atoms with E-state index in [0.29, 0.717) is 11.3 Å². The molecule has 120 valence electrons. The molecule has 6 heteroatoms. The number of carbonyl (C=O) groups is 2. The van der Waals surface area contributed by atoms with Crippen LogP contribution >= 0.6 is 15.9 Å². The van der Waals surface area contributed by atoms with Crippen molar-refractivity contribution < 1.29 is 14.7 Å². The van der Waals surface area contributed by atoms with Crippen LogP contribution in [0.1, 0.15) is 22.3 Å². The maximum absolute atomic E-state index is 11.9. The van der Waals surface area contributed by atoms with Crippen LogP contribution < -0.4 is 10.6 Å². The smallest absolute Gasteiger partial charge is 0.251 e. The van der Waals surface area contributed by atoms with Crippen molar-refractivity contribution in [2.75, 3.05) is 11.9 Å². The minimum Gasteiger partial charge on any atom is -0.506 e. The van der Waals surface area contributed by atoms with E-state index in [-0.39, 0.29) is 30.5 Å². The SMILES string of the molecule is Cc1ccc(NC(=O)CCNC(=O)c2ccc(Br)cc2)c(O)c1. The molecule has 5 nitrogen and oxygen atoms in total. The van der Waals surface area contributed by atoms with Crippen molar-refractivity contribution in [2.45, 2.75) is 13.3 Å². The fourth-order valence-electron chi connectivity index (χ4n) is 1.95. The van der Waals surface area contributed by atoms with Crippen LogP contribution in [0, 0.1) is 6.92 Å². The van der Waals surface area contributed by atoms with E-state index in [2.05, 4.69) is 26.6 Å². The molecule has 0 radical (unpaired) electrons. The van der Waals surface area contributed by atoms with Crippen LogP contribution in [-0.4, -0.2) is 23.5 Å². The summed E-state index contributed by atoms with van der Waals surface area (Å²) in [5.41, 5.74) is 1.80. The van der Waals surface area contributed by atoms with Crippen LogP contribution in [0.2, 0.25) is 0 Å². The Bertz CT molecular complexity index is 714. The molecule has 3 N–H and O–H groups in total. The molecule has 0 heterocycles. The highest BCUT2D eigenvalue weighted by Crippen LogP contribution is 2.23. The summed E-state index contributed by atoms with van der Waals surface area (Å²) in [4.78, 5) is 23.7. The van der Waals surface area contributed by atoms with Gasteiger partial charge in [0, 0.05) is 23.0 Å². The van der Waals surface area contributed by atoms with Crippen molar-refractivity contribution in [1.82, 2.24) is 5.32 Å². The minimum atomic E-state index is -0.278. The number of rotatable bonds is 5. The third-order valence-electron chi connectivity index (χ3n) is 3.17. The molecule has 0 spiro atoms. The van der Waals surface area contributed by atoms with Crippen LogP contribution in [0.5, 0.6) is 5.75 Å². The Balaban J connectivity index is 1.80. The summed E-state index contributed by atoms with van der Waals surface area (Å²) in [6, 6.07) is 12.0. The van der Waals surface area contributed by atoms with Gasteiger partial charge in [0.2, 0.25) is 5.91 Å². The lowest BCUT2D eigenvalue weighted by molar-refractivity contribution is -0.116. The monoisotopic (exact) mass is 376 g/mol. The average molecular weight is 377 g/mol. The van der Waals surface area contributed by atoms with Crippen molar-refractivity contribution in [3.63, 3.8) is 0 Å². The van der Waals surface area contributed by atoms with Gasteiger partial charge in [-0.2, -0.15) is 0 Å². The van der Waals surface area contributed by atoms with Crippen LogP contribution in [-0.2, 0) is 4.79 Å². The second-order valence-corrected chi connectivity index (χ2v) is 6.00. The molecule has 0 unspecified atom stereocenters. The molecule has 23 heavy (non-hydrogen) atoms. The summed E-state index contributed by atoms with van der Waals surface area (Å²) in [5, 5.41) is 15.0. The zero-order valence-corrected chi connectivity index (χ0v) is 14.2. The van der Waals surface area contributed by atoms with E-state index in [1.807, 2.05) is 6.92 Å². The van der Waals surface area contributed by atoms with E-state index in [0.717, 1.165) is 10.0 Å². The maximum Gasteiger partial charge on any atom is 0.251 e. The van der Waals surface area contributed by atoms with E-state index >= 15 is 0 Å². The maximum atomic E-state index is 11.9. The highest BCUT2D eigenvalue weighted by atomic mass is 79.9. The normalized spacial score (nSPS) is 10.2. The van der Waals surface area contributed by atoms with Crippen molar-refractivity contribution in [1.29, 1.82) is 0 Å². The number of hydrogen-bond donors (Lipinski definition) is 3. The number of phenols is 1. The molecule has 0 aliphatic rings. The van der Waals surface area contributed by atoms with Gasteiger partial charge in [0.05, 0.1) is 5.69 Å². The molecular weight excluding hydrogens is 360 g/mol. The number of halogens is 1. The van der Waals surface area contributed by atoms with Crippen LogP contribution in [0.4, 0.5) is 5.69 Å². The molecule has 2 amide bonds. The van der Waals surface area contributed by atoms with Crippen LogP contribution in [0.3, 0.4) is 0 Å². The molecule has 0 fully saturated rings. The number of aryl methyl sites for hydroxylation is 1. The Morgan fingerprint density at radius 2 is 1.83 bits per heavy atom. The highest BCUT2D eigenvalue weighted by molar-refractivity contribution is 9.10. The summed E-state index contributed by atoms with van der Waals surface area (Å²) >= 11 is 3.30. The standard InChI is InChI=1S/C17H17BrN2O3/c1-11-2-7-14(15(21)10-11)20-16(22)8-9-19-17(23)12-3-5-13(18)6-4-12/h2-7,10,21H,8-9H2,1H3,(H,19,23)(H,20,22). The molecule has 0 atom stereocenters. The van der Waals surface area contributed by atoms with Gasteiger partial charge in [-0.15, -0.1) is 0 Å². The second kappa shape index (κ2) is 7.78. The van der Waals surface area contributed by atoms with E-state index in [1.54, 1.807) is 42.5 Å².